The molecule has 0 fully saturated rings. The standard InChI is InChI=1S/C13H12N2O3S/c1-7-5-8(3-4-11(7)18-2)9-6-10(12(16)17)15-13(19)14-9/h3-6H,1-2H3,(H,16,17)(H,14,15,19). The highest BCUT2D eigenvalue weighted by molar-refractivity contribution is 7.71. The van der Waals surface area contributed by atoms with E-state index < -0.39 is 5.97 Å². The molecule has 1 aromatic heterocycles. The lowest BCUT2D eigenvalue weighted by Gasteiger charge is -2.07. The van der Waals surface area contributed by atoms with E-state index in [1.54, 1.807) is 7.11 Å². The fourth-order valence-corrected chi connectivity index (χ4v) is 1.97. The summed E-state index contributed by atoms with van der Waals surface area (Å²) in [5, 5.41) is 8.99. The van der Waals surface area contributed by atoms with Gasteiger partial charge in [0, 0.05) is 5.56 Å². The zero-order valence-electron chi connectivity index (χ0n) is 10.4. The van der Waals surface area contributed by atoms with Gasteiger partial charge < -0.3 is 14.8 Å². The molecule has 0 atom stereocenters. The number of H-pyrrole nitrogens is 1. The van der Waals surface area contributed by atoms with Crippen molar-refractivity contribution in [3.63, 3.8) is 0 Å². The number of aryl methyl sites for hydroxylation is 1. The summed E-state index contributed by atoms with van der Waals surface area (Å²) < 4.78 is 5.32. The molecule has 1 aromatic carbocycles. The molecule has 0 unspecified atom stereocenters. The molecule has 6 heteroatoms. The van der Waals surface area contributed by atoms with Gasteiger partial charge in [-0.3, -0.25) is 0 Å². The van der Waals surface area contributed by atoms with Gasteiger partial charge in [-0.2, -0.15) is 0 Å². The Kier molecular flexibility index (Phi) is 3.62. The first-order valence-corrected chi connectivity index (χ1v) is 5.92. The fourth-order valence-electron chi connectivity index (χ4n) is 1.76. The van der Waals surface area contributed by atoms with Gasteiger partial charge in [-0.15, -0.1) is 0 Å². The van der Waals surface area contributed by atoms with Gasteiger partial charge >= 0.3 is 5.97 Å². The lowest BCUT2D eigenvalue weighted by Crippen LogP contribution is -2.02. The third-order valence-electron chi connectivity index (χ3n) is 2.67. The molecule has 0 aliphatic rings. The Balaban J connectivity index is 2.55. The molecule has 0 radical (unpaired) electrons. The Labute approximate surface area is 114 Å². The van der Waals surface area contributed by atoms with Crippen LogP contribution in [0.2, 0.25) is 0 Å². The van der Waals surface area contributed by atoms with Crippen LogP contribution in [0.3, 0.4) is 0 Å². The smallest absolute Gasteiger partial charge is 0.352 e. The highest BCUT2D eigenvalue weighted by Gasteiger charge is 2.09. The lowest BCUT2D eigenvalue weighted by atomic mass is 10.1. The maximum Gasteiger partial charge on any atom is 0.352 e. The summed E-state index contributed by atoms with van der Waals surface area (Å²) >= 11 is 4.93. The molecule has 5 nitrogen and oxygen atoms in total. The Morgan fingerprint density at radius 2 is 2.16 bits per heavy atom. The van der Waals surface area contributed by atoms with E-state index in [-0.39, 0.29) is 10.5 Å². The molecule has 2 aromatic rings. The predicted octanol–water partition coefficient (Wildman–Crippen LogP) is 2.82. The summed E-state index contributed by atoms with van der Waals surface area (Å²) in [4.78, 5) is 17.7. The van der Waals surface area contributed by atoms with Crippen molar-refractivity contribution in [2.24, 2.45) is 0 Å². The predicted molar refractivity (Wildman–Crippen MR) is 73.1 cm³/mol. The number of carboxylic acid groups (broad SMARTS) is 1. The van der Waals surface area contributed by atoms with Gasteiger partial charge in [0.05, 0.1) is 12.8 Å². The van der Waals surface area contributed by atoms with Crippen molar-refractivity contribution in [1.82, 2.24) is 9.97 Å². The molecule has 1 heterocycles. The van der Waals surface area contributed by atoms with Crippen LogP contribution in [0.25, 0.3) is 11.3 Å². The molecule has 0 aliphatic heterocycles. The van der Waals surface area contributed by atoms with E-state index in [9.17, 15) is 4.79 Å². The van der Waals surface area contributed by atoms with E-state index in [0.29, 0.717) is 5.69 Å². The molecule has 19 heavy (non-hydrogen) atoms. The number of aromatic carboxylic acids is 1. The first kappa shape index (κ1) is 13.2. The third-order valence-corrected chi connectivity index (χ3v) is 2.86. The van der Waals surface area contributed by atoms with Crippen molar-refractivity contribution in [2.75, 3.05) is 7.11 Å². The van der Waals surface area contributed by atoms with E-state index in [1.807, 2.05) is 25.1 Å². The quantitative estimate of drug-likeness (QED) is 0.843. The number of nitrogens with one attached hydrogen (secondary N) is 1. The zero-order valence-corrected chi connectivity index (χ0v) is 11.2. The second-order valence-electron chi connectivity index (χ2n) is 3.97. The van der Waals surface area contributed by atoms with Crippen LogP contribution in [0, 0.1) is 11.7 Å². The molecule has 0 spiro atoms. The molecule has 2 rings (SSSR count). The van der Waals surface area contributed by atoms with Crippen LogP contribution >= 0.6 is 12.2 Å². The van der Waals surface area contributed by atoms with Crippen molar-refractivity contribution < 1.29 is 14.6 Å². The lowest BCUT2D eigenvalue weighted by molar-refractivity contribution is 0.0690. The van der Waals surface area contributed by atoms with Crippen LogP contribution in [0.4, 0.5) is 0 Å². The van der Waals surface area contributed by atoms with E-state index in [2.05, 4.69) is 9.97 Å². The largest absolute Gasteiger partial charge is 0.496 e. The third kappa shape index (κ3) is 2.79. The van der Waals surface area contributed by atoms with Crippen molar-refractivity contribution >= 4 is 18.2 Å². The number of hydrogen-bond acceptors (Lipinski definition) is 4. The topological polar surface area (TPSA) is 75.2 Å². The minimum absolute atomic E-state index is 0.0171. The summed E-state index contributed by atoms with van der Waals surface area (Å²) in [6.45, 7) is 1.91. The second-order valence-corrected chi connectivity index (χ2v) is 4.36. The van der Waals surface area contributed by atoms with Gasteiger partial charge in [0.25, 0.3) is 0 Å². The zero-order chi connectivity index (χ0) is 14.0. The van der Waals surface area contributed by atoms with Crippen molar-refractivity contribution in [3.05, 3.63) is 40.3 Å². The van der Waals surface area contributed by atoms with Crippen LogP contribution in [0.5, 0.6) is 5.75 Å². The number of hydrogen-bond donors (Lipinski definition) is 2. The summed E-state index contributed by atoms with van der Waals surface area (Å²) in [6.07, 6.45) is 0. The number of benzene rings is 1. The fraction of sp³-hybridized carbons (Fsp3) is 0.154. The number of nitrogens with zero attached hydrogens (tertiary/aromatic N) is 1. The van der Waals surface area contributed by atoms with Crippen LogP contribution in [-0.4, -0.2) is 28.2 Å². The van der Waals surface area contributed by atoms with Crippen molar-refractivity contribution in [2.45, 2.75) is 6.92 Å². The maximum atomic E-state index is 11.0. The molecular weight excluding hydrogens is 264 g/mol. The van der Waals surface area contributed by atoms with Gasteiger partial charge in [-0.25, -0.2) is 9.78 Å². The van der Waals surface area contributed by atoms with Gasteiger partial charge in [0.2, 0.25) is 0 Å². The number of aromatic nitrogens is 2. The van der Waals surface area contributed by atoms with Crippen LogP contribution in [0.1, 0.15) is 16.1 Å². The monoisotopic (exact) mass is 276 g/mol. The van der Waals surface area contributed by atoms with Gasteiger partial charge in [0.15, 0.2) is 4.77 Å². The molecule has 0 saturated heterocycles. The highest BCUT2D eigenvalue weighted by atomic mass is 32.1. The summed E-state index contributed by atoms with van der Waals surface area (Å²) in [7, 11) is 1.60. The van der Waals surface area contributed by atoms with E-state index in [4.69, 9.17) is 22.1 Å². The number of methoxy groups -OCH3 is 1. The van der Waals surface area contributed by atoms with E-state index in [1.165, 1.54) is 6.07 Å². The van der Waals surface area contributed by atoms with Crippen LogP contribution in [0.15, 0.2) is 24.3 Å². The van der Waals surface area contributed by atoms with Crippen LogP contribution < -0.4 is 4.74 Å². The minimum atomic E-state index is -1.07. The first-order valence-electron chi connectivity index (χ1n) is 5.51. The summed E-state index contributed by atoms with van der Waals surface area (Å²) in [5.74, 6) is -0.303. The highest BCUT2D eigenvalue weighted by Crippen LogP contribution is 2.25. The molecule has 0 amide bonds. The number of rotatable bonds is 3. The molecule has 0 bridgehead atoms. The average Bonchev–Trinajstić information content (AvgIpc) is 2.37. The SMILES string of the molecule is COc1ccc(-c2cc(C(=O)O)[nH]c(=S)n2)cc1C. The molecular formula is C13H12N2O3S. The Hall–Kier alpha value is -2.21. The van der Waals surface area contributed by atoms with Crippen LogP contribution in [-0.2, 0) is 0 Å². The maximum absolute atomic E-state index is 11.0. The Morgan fingerprint density at radius 3 is 2.74 bits per heavy atom. The van der Waals surface area contributed by atoms with Crippen molar-refractivity contribution in [1.29, 1.82) is 0 Å². The number of carbonyl (C=O) groups is 1. The number of carboxylic acids is 1. The second kappa shape index (κ2) is 5.19. The summed E-state index contributed by atoms with van der Waals surface area (Å²) in [5.41, 5.74) is 2.27. The van der Waals surface area contributed by atoms with E-state index in [0.717, 1.165) is 16.9 Å². The molecule has 0 aliphatic carbocycles. The Bertz CT molecular complexity index is 695. The normalized spacial score (nSPS) is 10.2. The first-order chi connectivity index (χ1) is 9.01. The molecule has 98 valence electrons. The van der Waals surface area contributed by atoms with Gasteiger partial charge in [-0.1, -0.05) is 0 Å². The average molecular weight is 276 g/mol. The van der Waals surface area contributed by atoms with Crippen molar-refractivity contribution in [3.8, 4) is 17.0 Å². The molecule has 0 saturated carbocycles. The minimum Gasteiger partial charge on any atom is -0.496 e. The Morgan fingerprint density at radius 1 is 1.42 bits per heavy atom. The number of aromatic amines is 1. The van der Waals surface area contributed by atoms with E-state index >= 15 is 0 Å². The van der Waals surface area contributed by atoms with Gasteiger partial charge in [-0.05, 0) is 49.0 Å². The van der Waals surface area contributed by atoms with Gasteiger partial charge in [0.1, 0.15) is 11.4 Å². The number of ether oxygens (including phenoxy) is 1. The molecule has 2 N–H and O–H groups in total. The summed E-state index contributed by atoms with van der Waals surface area (Å²) in [6, 6.07) is 6.96.